The van der Waals surface area contributed by atoms with Crippen LogP contribution in [0.3, 0.4) is 0 Å². The van der Waals surface area contributed by atoms with Crippen LogP contribution in [0.4, 0.5) is 5.82 Å². The first-order valence-electron chi connectivity index (χ1n) is 11.2. The third-order valence-corrected chi connectivity index (χ3v) is 5.78. The molecule has 1 aromatic heterocycles. The summed E-state index contributed by atoms with van der Waals surface area (Å²) in [5.41, 5.74) is 4.52. The van der Waals surface area contributed by atoms with Crippen molar-refractivity contribution in [2.75, 3.05) is 12.0 Å². The van der Waals surface area contributed by atoms with Gasteiger partial charge < -0.3 is 10.7 Å². The molecule has 2 aromatic rings. The van der Waals surface area contributed by atoms with E-state index in [9.17, 15) is 4.79 Å². The van der Waals surface area contributed by atoms with Gasteiger partial charge in [-0.05, 0) is 36.7 Å². The van der Waals surface area contributed by atoms with Gasteiger partial charge in [0.15, 0.2) is 5.82 Å². The molecule has 2 N–H and O–H groups in total. The van der Waals surface area contributed by atoms with Gasteiger partial charge in [0, 0.05) is 25.5 Å². The Morgan fingerprint density at radius 2 is 1.90 bits per heavy atom. The number of nitrogens with one attached hydrogen (secondary N) is 2. The zero-order valence-corrected chi connectivity index (χ0v) is 18.3. The van der Waals surface area contributed by atoms with Gasteiger partial charge in [-0.1, -0.05) is 63.4 Å². The summed E-state index contributed by atoms with van der Waals surface area (Å²) in [6.45, 7) is 5.76. The fourth-order valence-electron chi connectivity index (χ4n) is 4.12. The number of carbonyl (C=O) groups excluding carboxylic acids is 1. The number of aromatic nitrogens is 2. The van der Waals surface area contributed by atoms with E-state index in [1.165, 1.54) is 19.3 Å². The fraction of sp³-hybridized carbons (Fsp3) is 0.542. The van der Waals surface area contributed by atoms with Crippen molar-refractivity contribution in [1.29, 1.82) is 0 Å². The summed E-state index contributed by atoms with van der Waals surface area (Å²) in [7, 11) is 0. The molecule has 162 valence electrons. The number of rotatable bonds is 10. The minimum atomic E-state index is -0.227. The van der Waals surface area contributed by atoms with E-state index in [1.807, 2.05) is 30.3 Å². The Labute approximate surface area is 180 Å². The van der Waals surface area contributed by atoms with Crippen LogP contribution < -0.4 is 10.7 Å². The molecule has 30 heavy (non-hydrogen) atoms. The quantitative estimate of drug-likeness (QED) is 0.569. The van der Waals surface area contributed by atoms with E-state index < -0.39 is 0 Å². The number of hydrogen-bond donors (Lipinski definition) is 2. The number of benzene rings is 1. The predicted octanol–water partition coefficient (Wildman–Crippen LogP) is 4.42. The first-order chi connectivity index (χ1) is 14.6. The number of hydrazine groups is 1. The average molecular weight is 410 g/mol. The van der Waals surface area contributed by atoms with Crippen LogP contribution >= 0.6 is 0 Å². The molecule has 0 saturated heterocycles. The highest BCUT2D eigenvalue weighted by molar-refractivity contribution is 5.82. The van der Waals surface area contributed by atoms with Crippen molar-refractivity contribution in [3.8, 4) is 0 Å². The van der Waals surface area contributed by atoms with Gasteiger partial charge in [0.1, 0.15) is 6.04 Å². The van der Waals surface area contributed by atoms with Crippen LogP contribution in [-0.2, 0) is 11.3 Å². The van der Waals surface area contributed by atoms with E-state index in [4.69, 9.17) is 0 Å². The molecule has 6 heteroatoms. The van der Waals surface area contributed by atoms with E-state index in [1.54, 1.807) is 18.6 Å². The maximum atomic E-state index is 13.5. The topological polar surface area (TPSA) is 70.1 Å². The SMILES string of the molecule is CC(C)CCN(Nc1cnccn1)C(C(=O)NCc1ccccc1)C1CCCCC1. The van der Waals surface area contributed by atoms with E-state index in [0.29, 0.717) is 24.2 Å². The van der Waals surface area contributed by atoms with Crippen molar-refractivity contribution in [2.24, 2.45) is 11.8 Å². The second kappa shape index (κ2) is 11.6. The average Bonchev–Trinajstić information content (AvgIpc) is 2.78. The maximum absolute atomic E-state index is 13.5. The smallest absolute Gasteiger partial charge is 0.239 e. The Kier molecular flexibility index (Phi) is 8.63. The van der Waals surface area contributed by atoms with Gasteiger partial charge in [-0.25, -0.2) is 9.99 Å². The predicted molar refractivity (Wildman–Crippen MR) is 120 cm³/mol. The van der Waals surface area contributed by atoms with Crippen LogP contribution in [0.5, 0.6) is 0 Å². The molecule has 6 nitrogen and oxygen atoms in total. The molecule has 1 aliphatic carbocycles. The van der Waals surface area contributed by atoms with Crippen LogP contribution in [0.2, 0.25) is 0 Å². The second-order valence-corrected chi connectivity index (χ2v) is 8.62. The largest absolute Gasteiger partial charge is 0.351 e. The summed E-state index contributed by atoms with van der Waals surface area (Å²) in [6.07, 6.45) is 11.9. The molecule has 0 radical (unpaired) electrons. The zero-order valence-electron chi connectivity index (χ0n) is 18.3. The first kappa shape index (κ1) is 22.2. The summed E-state index contributed by atoms with van der Waals surface area (Å²) in [6, 6.07) is 9.87. The first-order valence-corrected chi connectivity index (χ1v) is 11.2. The van der Waals surface area contributed by atoms with Gasteiger partial charge in [-0.15, -0.1) is 0 Å². The molecule has 3 rings (SSSR count). The molecule has 1 heterocycles. The van der Waals surface area contributed by atoms with Gasteiger partial charge >= 0.3 is 0 Å². The lowest BCUT2D eigenvalue weighted by molar-refractivity contribution is -0.128. The highest BCUT2D eigenvalue weighted by atomic mass is 16.2. The molecule has 0 aliphatic heterocycles. The summed E-state index contributed by atoms with van der Waals surface area (Å²) >= 11 is 0. The van der Waals surface area contributed by atoms with Crippen molar-refractivity contribution >= 4 is 11.7 Å². The molecule has 1 saturated carbocycles. The molecular formula is C24H35N5O. The van der Waals surface area contributed by atoms with Gasteiger partial charge in [0.25, 0.3) is 0 Å². The molecular weight excluding hydrogens is 374 g/mol. The number of carbonyl (C=O) groups is 1. The summed E-state index contributed by atoms with van der Waals surface area (Å²) < 4.78 is 0. The lowest BCUT2D eigenvalue weighted by Gasteiger charge is -2.38. The Hall–Kier alpha value is -2.47. The maximum Gasteiger partial charge on any atom is 0.239 e. The third kappa shape index (κ3) is 6.80. The van der Waals surface area contributed by atoms with Crippen LogP contribution in [0.25, 0.3) is 0 Å². The van der Waals surface area contributed by atoms with Gasteiger partial charge in [-0.3, -0.25) is 9.78 Å². The number of nitrogens with zero attached hydrogens (tertiary/aromatic N) is 3. The highest BCUT2D eigenvalue weighted by Gasteiger charge is 2.35. The normalized spacial score (nSPS) is 15.9. The number of anilines is 1. The van der Waals surface area contributed by atoms with E-state index in [0.717, 1.165) is 31.4 Å². The summed E-state index contributed by atoms with van der Waals surface area (Å²) in [5, 5.41) is 5.31. The molecule has 0 spiro atoms. The lowest BCUT2D eigenvalue weighted by Crippen LogP contribution is -2.54. The molecule has 1 atom stereocenters. The monoisotopic (exact) mass is 409 g/mol. The standard InChI is InChI=1S/C24H35N5O/c1-19(2)13-16-29(28-22-18-25-14-15-26-22)23(21-11-7-4-8-12-21)24(30)27-17-20-9-5-3-6-10-20/h3,5-6,9-10,14-15,18-19,21,23H,4,7-8,11-13,16-17H2,1-2H3,(H,26,28)(H,27,30). The molecule has 0 bridgehead atoms. The highest BCUT2D eigenvalue weighted by Crippen LogP contribution is 2.30. The van der Waals surface area contributed by atoms with Crippen molar-refractivity contribution in [2.45, 2.75) is 65.0 Å². The molecule has 1 amide bonds. The molecule has 1 unspecified atom stereocenters. The van der Waals surface area contributed by atoms with E-state index >= 15 is 0 Å². The van der Waals surface area contributed by atoms with Gasteiger partial charge in [0.05, 0.1) is 6.20 Å². The Morgan fingerprint density at radius 3 is 2.57 bits per heavy atom. The molecule has 1 aromatic carbocycles. The van der Waals surface area contributed by atoms with Gasteiger partial charge in [0.2, 0.25) is 5.91 Å². The Morgan fingerprint density at radius 1 is 1.13 bits per heavy atom. The van der Waals surface area contributed by atoms with Crippen LogP contribution in [0.1, 0.15) is 57.9 Å². The molecule has 1 aliphatic rings. The van der Waals surface area contributed by atoms with Crippen molar-refractivity contribution in [3.05, 3.63) is 54.5 Å². The van der Waals surface area contributed by atoms with E-state index in [-0.39, 0.29) is 11.9 Å². The van der Waals surface area contributed by atoms with Crippen molar-refractivity contribution < 1.29 is 4.79 Å². The van der Waals surface area contributed by atoms with Gasteiger partial charge in [-0.2, -0.15) is 0 Å². The van der Waals surface area contributed by atoms with Crippen molar-refractivity contribution in [1.82, 2.24) is 20.3 Å². The lowest BCUT2D eigenvalue weighted by atomic mass is 9.83. The molecule has 1 fully saturated rings. The van der Waals surface area contributed by atoms with Crippen molar-refractivity contribution in [3.63, 3.8) is 0 Å². The number of amides is 1. The fourth-order valence-corrected chi connectivity index (χ4v) is 4.12. The Balaban J connectivity index is 1.78. The minimum Gasteiger partial charge on any atom is -0.351 e. The third-order valence-electron chi connectivity index (χ3n) is 5.78. The van der Waals surface area contributed by atoms with Crippen LogP contribution in [0, 0.1) is 11.8 Å². The summed E-state index contributed by atoms with van der Waals surface area (Å²) in [5.74, 6) is 1.66. The Bertz CT molecular complexity index is 747. The van der Waals surface area contributed by atoms with Crippen LogP contribution in [-0.4, -0.2) is 33.5 Å². The van der Waals surface area contributed by atoms with E-state index in [2.05, 4.69) is 39.6 Å². The second-order valence-electron chi connectivity index (χ2n) is 8.62. The van der Waals surface area contributed by atoms with Crippen LogP contribution in [0.15, 0.2) is 48.9 Å². The zero-order chi connectivity index (χ0) is 21.2. The number of hydrogen-bond acceptors (Lipinski definition) is 5. The summed E-state index contributed by atoms with van der Waals surface area (Å²) in [4.78, 5) is 22.0. The minimum absolute atomic E-state index is 0.0888.